The Bertz CT molecular complexity index is 598. The maximum Gasteiger partial charge on any atom is 0.123 e. The van der Waals surface area contributed by atoms with Gasteiger partial charge in [-0.05, 0) is 47.9 Å². The number of aliphatic hydroxyl groups excluding tert-OH is 1. The van der Waals surface area contributed by atoms with E-state index >= 15 is 0 Å². The normalized spacial score (nSPS) is 12.0. The Hall–Kier alpha value is -2.07. The van der Waals surface area contributed by atoms with Crippen molar-refractivity contribution in [1.82, 2.24) is 0 Å². The average molecular weight is 290 g/mol. The minimum Gasteiger partial charge on any atom is -0.497 e. The maximum atomic E-state index is 13.3. The zero-order valence-electron chi connectivity index (χ0n) is 12.2. The average Bonchev–Trinajstić information content (AvgIpc) is 2.52. The molecule has 0 radical (unpaired) electrons. The summed E-state index contributed by atoms with van der Waals surface area (Å²) in [7, 11) is 3.20. The Morgan fingerprint density at radius 3 is 2.52 bits per heavy atom. The van der Waals surface area contributed by atoms with Crippen molar-refractivity contribution < 1.29 is 19.0 Å². The van der Waals surface area contributed by atoms with Gasteiger partial charge in [-0.3, -0.25) is 0 Å². The third kappa shape index (κ3) is 3.73. The molecule has 0 heterocycles. The number of ether oxygens (including phenoxy) is 2. The molecular weight excluding hydrogens is 271 g/mol. The predicted octanol–water partition coefficient (Wildman–Crippen LogP) is 3.16. The Morgan fingerprint density at radius 1 is 1.10 bits per heavy atom. The fourth-order valence-electron chi connectivity index (χ4n) is 2.36. The number of hydrogen-bond acceptors (Lipinski definition) is 3. The van der Waals surface area contributed by atoms with Crippen LogP contribution < -0.4 is 9.47 Å². The molecule has 21 heavy (non-hydrogen) atoms. The van der Waals surface area contributed by atoms with Crippen LogP contribution in [-0.2, 0) is 6.42 Å². The molecule has 0 bridgehead atoms. The first-order valence-corrected chi connectivity index (χ1v) is 6.75. The molecule has 0 aliphatic heterocycles. The van der Waals surface area contributed by atoms with Crippen LogP contribution in [0.5, 0.6) is 11.5 Å². The van der Waals surface area contributed by atoms with Gasteiger partial charge in [-0.25, -0.2) is 4.39 Å². The lowest BCUT2D eigenvalue weighted by atomic mass is 9.92. The second-order valence-corrected chi connectivity index (χ2v) is 4.82. The SMILES string of the molecule is COc1ccc(OC)c(CC(CO)c2cccc(F)c2)c1. The molecule has 0 aromatic heterocycles. The fourth-order valence-corrected chi connectivity index (χ4v) is 2.36. The van der Waals surface area contributed by atoms with E-state index in [0.29, 0.717) is 6.42 Å². The lowest BCUT2D eigenvalue weighted by Gasteiger charge is -2.17. The molecule has 1 unspecified atom stereocenters. The Kier molecular flexibility index (Phi) is 5.17. The van der Waals surface area contributed by atoms with Gasteiger partial charge in [-0.2, -0.15) is 0 Å². The summed E-state index contributed by atoms with van der Waals surface area (Å²) >= 11 is 0. The topological polar surface area (TPSA) is 38.7 Å². The monoisotopic (exact) mass is 290 g/mol. The molecule has 1 N–H and O–H groups in total. The van der Waals surface area contributed by atoms with Crippen LogP contribution in [-0.4, -0.2) is 25.9 Å². The number of rotatable bonds is 6. The lowest BCUT2D eigenvalue weighted by Crippen LogP contribution is -2.09. The number of hydrogen-bond donors (Lipinski definition) is 1. The molecule has 0 aliphatic rings. The van der Waals surface area contributed by atoms with Crippen molar-refractivity contribution in [3.63, 3.8) is 0 Å². The van der Waals surface area contributed by atoms with Gasteiger partial charge < -0.3 is 14.6 Å². The third-order valence-electron chi connectivity index (χ3n) is 3.49. The molecule has 0 saturated heterocycles. The summed E-state index contributed by atoms with van der Waals surface area (Å²) in [6.45, 7) is -0.0657. The molecule has 0 saturated carbocycles. The highest BCUT2D eigenvalue weighted by atomic mass is 19.1. The summed E-state index contributed by atoms with van der Waals surface area (Å²) < 4.78 is 23.9. The Labute approximate surface area is 124 Å². The smallest absolute Gasteiger partial charge is 0.123 e. The first kappa shape index (κ1) is 15.3. The van der Waals surface area contributed by atoms with E-state index in [0.717, 1.165) is 22.6 Å². The number of methoxy groups -OCH3 is 2. The van der Waals surface area contributed by atoms with Gasteiger partial charge in [0, 0.05) is 5.92 Å². The maximum absolute atomic E-state index is 13.3. The second kappa shape index (κ2) is 7.09. The highest BCUT2D eigenvalue weighted by molar-refractivity contribution is 5.41. The summed E-state index contributed by atoms with van der Waals surface area (Å²) in [4.78, 5) is 0. The van der Waals surface area contributed by atoms with Crippen LogP contribution in [0.1, 0.15) is 17.0 Å². The van der Waals surface area contributed by atoms with Crippen molar-refractivity contribution in [3.05, 3.63) is 59.4 Å². The first-order chi connectivity index (χ1) is 10.2. The summed E-state index contributed by atoms with van der Waals surface area (Å²) in [5.41, 5.74) is 1.68. The van der Waals surface area contributed by atoms with Crippen LogP contribution in [0.4, 0.5) is 4.39 Å². The van der Waals surface area contributed by atoms with E-state index in [1.54, 1.807) is 20.3 Å². The molecule has 3 nitrogen and oxygen atoms in total. The molecule has 4 heteroatoms. The molecular formula is C17H19FO3. The summed E-state index contributed by atoms with van der Waals surface area (Å²) in [5, 5.41) is 9.63. The van der Waals surface area contributed by atoms with Crippen molar-refractivity contribution in [1.29, 1.82) is 0 Å². The van der Waals surface area contributed by atoms with Crippen molar-refractivity contribution >= 4 is 0 Å². The predicted molar refractivity (Wildman–Crippen MR) is 79.5 cm³/mol. The van der Waals surface area contributed by atoms with Crippen LogP contribution in [0, 0.1) is 5.82 Å². The number of aliphatic hydroxyl groups is 1. The van der Waals surface area contributed by atoms with E-state index in [9.17, 15) is 9.50 Å². The van der Waals surface area contributed by atoms with Gasteiger partial charge in [0.1, 0.15) is 17.3 Å². The minimum atomic E-state index is -0.302. The molecule has 0 spiro atoms. The van der Waals surface area contributed by atoms with Crippen LogP contribution in [0.2, 0.25) is 0 Å². The van der Waals surface area contributed by atoms with Gasteiger partial charge in [-0.1, -0.05) is 12.1 Å². The van der Waals surface area contributed by atoms with Gasteiger partial charge >= 0.3 is 0 Å². The van der Waals surface area contributed by atoms with Crippen LogP contribution in [0.15, 0.2) is 42.5 Å². The van der Waals surface area contributed by atoms with Crippen molar-refractivity contribution in [2.45, 2.75) is 12.3 Å². The van der Waals surface area contributed by atoms with Gasteiger partial charge in [-0.15, -0.1) is 0 Å². The molecule has 0 fully saturated rings. The fraction of sp³-hybridized carbons (Fsp3) is 0.294. The second-order valence-electron chi connectivity index (χ2n) is 4.82. The number of benzene rings is 2. The third-order valence-corrected chi connectivity index (χ3v) is 3.49. The van der Waals surface area contributed by atoms with Crippen molar-refractivity contribution in [2.75, 3.05) is 20.8 Å². The molecule has 2 aromatic rings. The highest BCUT2D eigenvalue weighted by Crippen LogP contribution is 2.29. The van der Waals surface area contributed by atoms with Gasteiger partial charge in [0.15, 0.2) is 0 Å². The standard InChI is InChI=1S/C17H19FO3/c1-20-16-6-7-17(21-2)13(10-16)8-14(11-19)12-4-3-5-15(18)9-12/h3-7,9-10,14,19H,8,11H2,1-2H3. The van der Waals surface area contributed by atoms with E-state index in [1.165, 1.54) is 12.1 Å². The molecule has 1 atom stereocenters. The van der Waals surface area contributed by atoms with Crippen LogP contribution in [0.3, 0.4) is 0 Å². The minimum absolute atomic E-state index is 0.0657. The lowest BCUT2D eigenvalue weighted by molar-refractivity contribution is 0.263. The zero-order valence-corrected chi connectivity index (χ0v) is 12.2. The van der Waals surface area contributed by atoms with E-state index in [-0.39, 0.29) is 18.3 Å². The van der Waals surface area contributed by atoms with E-state index in [4.69, 9.17) is 9.47 Å². The van der Waals surface area contributed by atoms with Gasteiger partial charge in [0.25, 0.3) is 0 Å². The van der Waals surface area contributed by atoms with E-state index in [2.05, 4.69) is 0 Å². The number of halogens is 1. The van der Waals surface area contributed by atoms with Crippen LogP contribution in [0.25, 0.3) is 0 Å². The van der Waals surface area contributed by atoms with E-state index in [1.807, 2.05) is 24.3 Å². The molecule has 0 amide bonds. The first-order valence-electron chi connectivity index (χ1n) is 6.75. The van der Waals surface area contributed by atoms with E-state index < -0.39 is 0 Å². The van der Waals surface area contributed by atoms with Crippen LogP contribution >= 0.6 is 0 Å². The summed E-state index contributed by atoms with van der Waals surface area (Å²) in [5.74, 6) is 0.956. The van der Waals surface area contributed by atoms with Gasteiger partial charge in [0.05, 0.1) is 20.8 Å². The summed E-state index contributed by atoms with van der Waals surface area (Å²) in [6.07, 6.45) is 0.542. The quantitative estimate of drug-likeness (QED) is 0.888. The Morgan fingerprint density at radius 2 is 1.90 bits per heavy atom. The summed E-state index contributed by atoms with van der Waals surface area (Å²) in [6, 6.07) is 11.8. The van der Waals surface area contributed by atoms with Crippen molar-refractivity contribution in [3.8, 4) is 11.5 Å². The van der Waals surface area contributed by atoms with Crippen molar-refractivity contribution in [2.24, 2.45) is 0 Å². The van der Waals surface area contributed by atoms with Gasteiger partial charge in [0.2, 0.25) is 0 Å². The zero-order chi connectivity index (χ0) is 15.2. The molecule has 0 aliphatic carbocycles. The molecule has 2 rings (SSSR count). The largest absolute Gasteiger partial charge is 0.497 e. The molecule has 112 valence electrons. The molecule has 2 aromatic carbocycles. The highest BCUT2D eigenvalue weighted by Gasteiger charge is 2.15. The Balaban J connectivity index is 2.29.